The topological polar surface area (TPSA) is 112 Å². The Labute approximate surface area is 152 Å². The summed E-state index contributed by atoms with van der Waals surface area (Å²) in [5, 5.41) is 21.2. The lowest BCUT2D eigenvalue weighted by molar-refractivity contribution is -0.136. The molecule has 0 bridgehead atoms. The lowest BCUT2D eigenvalue weighted by Crippen LogP contribution is -2.31. The number of nitriles is 1. The maximum atomic E-state index is 12.5. The van der Waals surface area contributed by atoms with Gasteiger partial charge in [0.2, 0.25) is 0 Å². The van der Waals surface area contributed by atoms with E-state index in [4.69, 9.17) is 14.6 Å². The second-order valence-electron chi connectivity index (χ2n) is 5.06. The number of hydrogen-bond acceptors (Lipinski definition) is 7. The number of halogens is 1. The lowest BCUT2D eigenvalue weighted by atomic mass is 10.1. The van der Waals surface area contributed by atoms with Gasteiger partial charge in [-0.25, -0.2) is 4.79 Å². The zero-order valence-corrected chi connectivity index (χ0v) is 15.2. The van der Waals surface area contributed by atoms with Crippen LogP contribution >= 0.6 is 15.9 Å². The van der Waals surface area contributed by atoms with Crippen molar-refractivity contribution in [3.8, 4) is 11.8 Å². The smallest absolute Gasteiger partial charge is 0.337 e. The van der Waals surface area contributed by atoms with Gasteiger partial charge in [0.05, 0.1) is 48.7 Å². The van der Waals surface area contributed by atoms with Gasteiger partial charge in [-0.05, 0) is 22.0 Å². The van der Waals surface area contributed by atoms with E-state index in [1.54, 1.807) is 12.1 Å². The van der Waals surface area contributed by atoms with Crippen molar-refractivity contribution in [2.45, 2.75) is 0 Å². The van der Waals surface area contributed by atoms with Crippen LogP contribution in [0.3, 0.4) is 0 Å². The van der Waals surface area contributed by atoms with Crippen molar-refractivity contribution in [2.75, 3.05) is 39.2 Å². The van der Waals surface area contributed by atoms with Crippen LogP contribution in [-0.2, 0) is 14.3 Å². The van der Waals surface area contributed by atoms with Crippen molar-refractivity contribution in [1.29, 1.82) is 5.26 Å². The van der Waals surface area contributed by atoms with E-state index in [9.17, 15) is 14.9 Å². The van der Waals surface area contributed by atoms with E-state index in [0.717, 1.165) is 0 Å². The van der Waals surface area contributed by atoms with Crippen molar-refractivity contribution < 1.29 is 24.2 Å². The minimum Gasteiger partial charge on any atom is -0.495 e. The summed E-state index contributed by atoms with van der Waals surface area (Å²) in [6, 6.07) is 5.11. The van der Waals surface area contributed by atoms with Gasteiger partial charge in [0.15, 0.2) is 0 Å². The van der Waals surface area contributed by atoms with Gasteiger partial charge in [0.1, 0.15) is 17.5 Å². The molecule has 1 heterocycles. The zero-order valence-electron chi connectivity index (χ0n) is 13.6. The van der Waals surface area contributed by atoms with E-state index in [0.29, 0.717) is 15.9 Å². The number of amides is 1. The van der Waals surface area contributed by atoms with Gasteiger partial charge in [-0.15, -0.1) is 0 Å². The molecule has 2 N–H and O–H groups in total. The molecule has 132 valence electrons. The second-order valence-corrected chi connectivity index (χ2v) is 5.92. The average Bonchev–Trinajstić information content (AvgIpc) is 2.92. The van der Waals surface area contributed by atoms with Crippen LogP contribution < -0.4 is 10.1 Å². The molecule has 1 aromatic rings. The highest BCUT2D eigenvalue weighted by molar-refractivity contribution is 9.10. The molecule has 9 heteroatoms. The Morgan fingerprint density at radius 2 is 2.20 bits per heavy atom. The Hall–Kier alpha value is -2.57. The molecule has 0 unspecified atom stereocenters. The van der Waals surface area contributed by atoms with Crippen molar-refractivity contribution in [3.63, 3.8) is 0 Å². The number of carbonyl (C=O) groups excluding carboxylic acids is 2. The quantitative estimate of drug-likeness (QED) is 0.673. The van der Waals surface area contributed by atoms with Gasteiger partial charge in [-0.3, -0.25) is 4.79 Å². The number of methoxy groups -OCH3 is 2. The molecule has 8 nitrogen and oxygen atoms in total. The lowest BCUT2D eigenvalue weighted by Gasteiger charge is -2.15. The first kappa shape index (κ1) is 18.8. The van der Waals surface area contributed by atoms with Gasteiger partial charge in [0, 0.05) is 12.6 Å². The summed E-state index contributed by atoms with van der Waals surface area (Å²) in [6.07, 6.45) is 0. The minimum absolute atomic E-state index is 0.0150. The van der Waals surface area contributed by atoms with Crippen molar-refractivity contribution >= 4 is 33.5 Å². The van der Waals surface area contributed by atoms with E-state index in [1.807, 2.05) is 6.07 Å². The highest BCUT2D eigenvalue weighted by Crippen LogP contribution is 2.33. The molecule has 1 aromatic carbocycles. The predicted octanol–water partition coefficient (Wildman–Crippen LogP) is 1.00. The fourth-order valence-corrected chi connectivity index (χ4v) is 2.89. The summed E-state index contributed by atoms with van der Waals surface area (Å²) >= 11 is 3.29. The predicted molar refractivity (Wildman–Crippen MR) is 91.7 cm³/mol. The molecule has 0 fully saturated rings. The molecule has 0 saturated carbocycles. The monoisotopic (exact) mass is 409 g/mol. The minimum atomic E-state index is -0.654. The Bertz CT molecular complexity index is 785. The number of β-amino-alcohol motifs (C(OH)–C–C–N with tert-alkyl or cyclic N) is 1. The number of nitrogens with one attached hydrogen (secondary N) is 1. The number of rotatable bonds is 6. The largest absolute Gasteiger partial charge is 0.495 e. The molecule has 1 aliphatic heterocycles. The van der Waals surface area contributed by atoms with Crippen LogP contribution in [0.15, 0.2) is 27.9 Å². The molecular formula is C16H16BrN3O5. The maximum absolute atomic E-state index is 12.5. The SMILES string of the molecule is COC(=O)C1=C(Nc2cc(OC)c(Br)cc2C#N)C(=O)N(CCO)C1. The number of benzene rings is 1. The Morgan fingerprint density at radius 3 is 2.76 bits per heavy atom. The van der Waals surface area contributed by atoms with Gasteiger partial charge in [-0.2, -0.15) is 5.26 Å². The fraction of sp³-hybridized carbons (Fsp3) is 0.312. The number of aliphatic hydroxyl groups excluding tert-OH is 1. The summed E-state index contributed by atoms with van der Waals surface area (Å²) in [4.78, 5) is 25.8. The van der Waals surface area contributed by atoms with Crippen molar-refractivity contribution in [1.82, 2.24) is 4.90 Å². The Balaban J connectivity index is 2.47. The number of anilines is 1. The third-order valence-electron chi connectivity index (χ3n) is 3.63. The number of aliphatic hydroxyl groups is 1. The molecule has 0 radical (unpaired) electrons. The summed E-state index contributed by atoms with van der Waals surface area (Å²) in [6.45, 7) is -0.133. The van der Waals surface area contributed by atoms with E-state index in [-0.39, 0.29) is 36.5 Å². The molecule has 0 aromatic heterocycles. The van der Waals surface area contributed by atoms with Gasteiger partial charge in [-0.1, -0.05) is 0 Å². The molecule has 0 aliphatic carbocycles. The van der Waals surface area contributed by atoms with E-state index >= 15 is 0 Å². The molecule has 0 spiro atoms. The van der Waals surface area contributed by atoms with Crippen molar-refractivity contribution in [3.05, 3.63) is 33.4 Å². The van der Waals surface area contributed by atoms with E-state index in [2.05, 4.69) is 21.2 Å². The van der Waals surface area contributed by atoms with Gasteiger partial charge < -0.3 is 24.8 Å². The van der Waals surface area contributed by atoms with Gasteiger partial charge >= 0.3 is 5.97 Å². The van der Waals surface area contributed by atoms with Crippen LogP contribution in [0.4, 0.5) is 5.69 Å². The molecular weight excluding hydrogens is 394 g/mol. The highest BCUT2D eigenvalue weighted by atomic mass is 79.9. The Kier molecular flexibility index (Phi) is 6.01. The van der Waals surface area contributed by atoms with Crippen molar-refractivity contribution in [2.24, 2.45) is 0 Å². The first-order valence-electron chi connectivity index (χ1n) is 7.23. The van der Waals surface area contributed by atoms with Crippen LogP contribution in [0.1, 0.15) is 5.56 Å². The third kappa shape index (κ3) is 3.75. The fourth-order valence-electron chi connectivity index (χ4n) is 2.39. The maximum Gasteiger partial charge on any atom is 0.337 e. The van der Waals surface area contributed by atoms with Gasteiger partial charge in [0.25, 0.3) is 5.91 Å². The number of hydrogen-bond donors (Lipinski definition) is 2. The number of nitrogens with zero attached hydrogens (tertiary/aromatic N) is 2. The third-order valence-corrected chi connectivity index (χ3v) is 4.25. The number of ether oxygens (including phenoxy) is 2. The number of esters is 1. The summed E-state index contributed by atoms with van der Waals surface area (Å²) < 4.78 is 10.5. The van der Waals surface area contributed by atoms with Crippen LogP contribution in [0.2, 0.25) is 0 Å². The first-order chi connectivity index (χ1) is 12.0. The van der Waals surface area contributed by atoms with E-state index < -0.39 is 11.9 Å². The van der Waals surface area contributed by atoms with Crippen LogP contribution in [-0.4, -0.2) is 55.8 Å². The summed E-state index contributed by atoms with van der Waals surface area (Å²) in [5.74, 6) is -0.654. The molecule has 2 rings (SSSR count). The van der Waals surface area contributed by atoms with E-state index in [1.165, 1.54) is 19.1 Å². The van der Waals surface area contributed by atoms with Crippen LogP contribution in [0.5, 0.6) is 5.75 Å². The molecule has 1 aliphatic rings. The molecule has 0 atom stereocenters. The molecule has 0 saturated heterocycles. The normalized spacial score (nSPS) is 13.7. The molecule has 1 amide bonds. The Morgan fingerprint density at radius 1 is 1.48 bits per heavy atom. The first-order valence-corrected chi connectivity index (χ1v) is 8.02. The second kappa shape index (κ2) is 8.00. The molecule has 25 heavy (non-hydrogen) atoms. The summed E-state index contributed by atoms with van der Waals surface area (Å²) in [7, 11) is 2.69. The number of carbonyl (C=O) groups is 2. The highest BCUT2D eigenvalue weighted by Gasteiger charge is 2.34. The average molecular weight is 410 g/mol. The van der Waals surface area contributed by atoms with Crippen LogP contribution in [0.25, 0.3) is 0 Å². The zero-order chi connectivity index (χ0) is 18.6. The van der Waals surface area contributed by atoms with Crippen LogP contribution in [0, 0.1) is 11.3 Å². The summed E-state index contributed by atoms with van der Waals surface area (Å²) in [5.41, 5.74) is 0.726. The standard InChI is InChI=1S/C16H16BrN3O5/c1-24-13-6-12(9(7-18)5-11(13)17)19-14-10(16(23)25-2)8-20(3-4-21)15(14)22/h5-6,19,21H,3-4,8H2,1-2H3.